The molecule has 1 heterocycles. The van der Waals surface area contributed by atoms with E-state index in [1.165, 1.54) is 0 Å². The fourth-order valence-electron chi connectivity index (χ4n) is 2.12. The van der Waals surface area contributed by atoms with Crippen LogP contribution in [0.4, 0.5) is 0 Å². The van der Waals surface area contributed by atoms with Gasteiger partial charge in [-0.15, -0.1) is 6.58 Å². The van der Waals surface area contributed by atoms with E-state index in [4.69, 9.17) is 4.74 Å². The second kappa shape index (κ2) is 7.45. The molecule has 1 aliphatic heterocycles. The first-order valence-corrected chi connectivity index (χ1v) is 6.42. The summed E-state index contributed by atoms with van der Waals surface area (Å²) in [5.74, 6) is 0.562. The molecule has 1 aliphatic rings. The average Bonchev–Trinajstić information content (AvgIpc) is 2.80. The fraction of sp³-hybridized carbons (Fsp3) is 0.769. The van der Waals surface area contributed by atoms with Gasteiger partial charge in [0, 0.05) is 19.7 Å². The summed E-state index contributed by atoms with van der Waals surface area (Å²) in [5, 5.41) is 6.05. The van der Waals surface area contributed by atoms with Crippen molar-refractivity contribution in [2.24, 2.45) is 5.92 Å². The molecule has 0 aromatic heterocycles. The normalized spacial score (nSPS) is 25.5. The number of carbonyl (C=O) groups is 1. The third-order valence-corrected chi connectivity index (χ3v) is 3.25. The molecular formula is C13H24N2O2. The first-order chi connectivity index (χ1) is 8.19. The van der Waals surface area contributed by atoms with Gasteiger partial charge in [0.1, 0.15) is 0 Å². The second-order valence-corrected chi connectivity index (χ2v) is 4.53. The standard InChI is InChI=1S/C13H24N2O2/c1-4-7-14-13(16)10(3)15-9-11-6-8-17-12(11)5-2/h4,10-12,15H,1,5-9H2,2-3H3,(H,14,16). The third kappa shape index (κ3) is 4.48. The van der Waals surface area contributed by atoms with Crippen molar-refractivity contribution in [3.8, 4) is 0 Å². The average molecular weight is 240 g/mol. The molecule has 3 unspecified atom stereocenters. The molecule has 1 saturated heterocycles. The number of amides is 1. The zero-order valence-corrected chi connectivity index (χ0v) is 10.9. The van der Waals surface area contributed by atoms with Crippen LogP contribution in [0.25, 0.3) is 0 Å². The Hall–Kier alpha value is -0.870. The van der Waals surface area contributed by atoms with Crippen molar-refractivity contribution in [3.63, 3.8) is 0 Å². The van der Waals surface area contributed by atoms with E-state index in [2.05, 4.69) is 24.1 Å². The van der Waals surface area contributed by atoms with Crippen molar-refractivity contribution < 1.29 is 9.53 Å². The number of nitrogens with one attached hydrogen (secondary N) is 2. The highest BCUT2D eigenvalue weighted by Gasteiger charge is 2.27. The number of carbonyl (C=O) groups excluding carboxylic acids is 1. The van der Waals surface area contributed by atoms with E-state index in [1.807, 2.05) is 6.92 Å². The molecule has 0 bridgehead atoms. The summed E-state index contributed by atoms with van der Waals surface area (Å²) in [6.07, 6.45) is 4.17. The molecule has 2 N–H and O–H groups in total. The smallest absolute Gasteiger partial charge is 0.237 e. The van der Waals surface area contributed by atoms with E-state index in [9.17, 15) is 4.79 Å². The van der Waals surface area contributed by atoms with Crippen LogP contribution in [-0.2, 0) is 9.53 Å². The van der Waals surface area contributed by atoms with E-state index < -0.39 is 0 Å². The lowest BCUT2D eigenvalue weighted by atomic mass is 9.99. The van der Waals surface area contributed by atoms with Gasteiger partial charge in [-0.25, -0.2) is 0 Å². The van der Waals surface area contributed by atoms with Crippen LogP contribution in [0, 0.1) is 5.92 Å². The number of hydrogen-bond donors (Lipinski definition) is 2. The van der Waals surface area contributed by atoms with Gasteiger partial charge >= 0.3 is 0 Å². The van der Waals surface area contributed by atoms with Gasteiger partial charge in [-0.3, -0.25) is 4.79 Å². The monoisotopic (exact) mass is 240 g/mol. The van der Waals surface area contributed by atoms with Crippen LogP contribution < -0.4 is 10.6 Å². The van der Waals surface area contributed by atoms with Crippen molar-refractivity contribution in [3.05, 3.63) is 12.7 Å². The summed E-state index contributed by atoms with van der Waals surface area (Å²) in [7, 11) is 0. The summed E-state index contributed by atoms with van der Waals surface area (Å²) >= 11 is 0. The number of hydrogen-bond acceptors (Lipinski definition) is 3. The number of rotatable bonds is 7. The minimum atomic E-state index is -0.159. The zero-order valence-electron chi connectivity index (χ0n) is 10.9. The molecule has 4 heteroatoms. The Morgan fingerprint density at radius 1 is 1.65 bits per heavy atom. The van der Waals surface area contributed by atoms with Gasteiger partial charge in [0.15, 0.2) is 0 Å². The Bertz CT molecular complexity index is 256. The van der Waals surface area contributed by atoms with Crippen LogP contribution in [0.5, 0.6) is 0 Å². The van der Waals surface area contributed by atoms with Crippen molar-refractivity contribution in [2.75, 3.05) is 19.7 Å². The van der Waals surface area contributed by atoms with Gasteiger partial charge in [-0.2, -0.15) is 0 Å². The zero-order chi connectivity index (χ0) is 12.7. The highest BCUT2D eigenvalue weighted by Crippen LogP contribution is 2.22. The maximum Gasteiger partial charge on any atom is 0.237 e. The maximum atomic E-state index is 11.6. The van der Waals surface area contributed by atoms with Gasteiger partial charge in [0.2, 0.25) is 5.91 Å². The molecule has 0 aromatic carbocycles. The topological polar surface area (TPSA) is 50.4 Å². The Kier molecular flexibility index (Phi) is 6.22. The maximum absolute atomic E-state index is 11.6. The molecule has 0 aliphatic carbocycles. The SMILES string of the molecule is C=CCNC(=O)C(C)NCC1CCOC1CC. The summed E-state index contributed by atoms with van der Waals surface area (Å²) < 4.78 is 5.62. The Morgan fingerprint density at radius 2 is 2.41 bits per heavy atom. The van der Waals surface area contributed by atoms with E-state index in [0.29, 0.717) is 18.6 Å². The van der Waals surface area contributed by atoms with E-state index in [-0.39, 0.29) is 11.9 Å². The molecule has 0 radical (unpaired) electrons. The number of ether oxygens (including phenoxy) is 1. The predicted octanol–water partition coefficient (Wildman–Crippen LogP) is 1.08. The lowest BCUT2D eigenvalue weighted by molar-refractivity contribution is -0.122. The van der Waals surface area contributed by atoms with Gasteiger partial charge < -0.3 is 15.4 Å². The van der Waals surface area contributed by atoms with Crippen LogP contribution in [-0.4, -0.2) is 37.7 Å². The summed E-state index contributed by atoms with van der Waals surface area (Å²) in [6, 6.07) is -0.159. The first kappa shape index (κ1) is 14.2. The summed E-state index contributed by atoms with van der Waals surface area (Å²) in [6.45, 7) is 9.82. The summed E-state index contributed by atoms with van der Waals surface area (Å²) in [4.78, 5) is 11.6. The highest BCUT2D eigenvalue weighted by atomic mass is 16.5. The lowest BCUT2D eigenvalue weighted by Gasteiger charge is -2.20. The van der Waals surface area contributed by atoms with Gasteiger partial charge in [-0.1, -0.05) is 13.0 Å². The molecular weight excluding hydrogens is 216 g/mol. The van der Waals surface area contributed by atoms with Crippen LogP contribution in [0.2, 0.25) is 0 Å². The van der Waals surface area contributed by atoms with Crippen LogP contribution in [0.3, 0.4) is 0 Å². The van der Waals surface area contributed by atoms with Gasteiger partial charge in [0.05, 0.1) is 12.1 Å². The van der Waals surface area contributed by atoms with Crippen molar-refractivity contribution in [1.82, 2.24) is 10.6 Å². The van der Waals surface area contributed by atoms with Crippen LogP contribution >= 0.6 is 0 Å². The minimum Gasteiger partial charge on any atom is -0.378 e. The molecule has 98 valence electrons. The molecule has 1 rings (SSSR count). The van der Waals surface area contributed by atoms with E-state index in [0.717, 1.165) is 26.0 Å². The quantitative estimate of drug-likeness (QED) is 0.655. The molecule has 0 spiro atoms. The molecule has 0 saturated carbocycles. The highest BCUT2D eigenvalue weighted by molar-refractivity contribution is 5.81. The van der Waals surface area contributed by atoms with Gasteiger partial charge in [0.25, 0.3) is 0 Å². The van der Waals surface area contributed by atoms with E-state index >= 15 is 0 Å². The van der Waals surface area contributed by atoms with Crippen LogP contribution in [0.1, 0.15) is 26.7 Å². The molecule has 0 aromatic rings. The Balaban J connectivity index is 2.24. The predicted molar refractivity (Wildman–Crippen MR) is 68.8 cm³/mol. The largest absolute Gasteiger partial charge is 0.378 e. The van der Waals surface area contributed by atoms with Crippen LogP contribution in [0.15, 0.2) is 12.7 Å². The minimum absolute atomic E-state index is 0.0249. The second-order valence-electron chi connectivity index (χ2n) is 4.53. The molecule has 4 nitrogen and oxygen atoms in total. The molecule has 1 fully saturated rings. The molecule has 1 amide bonds. The summed E-state index contributed by atoms with van der Waals surface area (Å²) in [5.41, 5.74) is 0. The third-order valence-electron chi connectivity index (χ3n) is 3.25. The Morgan fingerprint density at radius 3 is 3.06 bits per heavy atom. The molecule has 17 heavy (non-hydrogen) atoms. The van der Waals surface area contributed by atoms with Crippen molar-refractivity contribution in [1.29, 1.82) is 0 Å². The van der Waals surface area contributed by atoms with Crippen molar-refractivity contribution >= 4 is 5.91 Å². The lowest BCUT2D eigenvalue weighted by Crippen LogP contribution is -2.44. The Labute approximate surface area is 104 Å². The van der Waals surface area contributed by atoms with Crippen molar-refractivity contribution in [2.45, 2.75) is 38.8 Å². The van der Waals surface area contributed by atoms with Gasteiger partial charge in [-0.05, 0) is 25.7 Å². The molecule has 3 atom stereocenters. The fourth-order valence-corrected chi connectivity index (χ4v) is 2.12. The van der Waals surface area contributed by atoms with E-state index in [1.54, 1.807) is 6.08 Å². The first-order valence-electron chi connectivity index (χ1n) is 6.42.